The van der Waals surface area contributed by atoms with Crippen LogP contribution < -0.4 is 4.74 Å². The molecule has 0 aromatic carbocycles. The van der Waals surface area contributed by atoms with Crippen LogP contribution in [-0.4, -0.2) is 61.5 Å². The van der Waals surface area contributed by atoms with Crippen molar-refractivity contribution < 1.29 is 14.6 Å². The summed E-state index contributed by atoms with van der Waals surface area (Å²) in [6, 6.07) is 3.51. The number of hydrogen-bond acceptors (Lipinski definition) is 6. The van der Waals surface area contributed by atoms with Gasteiger partial charge in [-0.1, -0.05) is 0 Å². The lowest BCUT2D eigenvalue weighted by molar-refractivity contribution is -0.0259. The van der Waals surface area contributed by atoms with E-state index in [4.69, 9.17) is 4.74 Å². The maximum atomic E-state index is 12.9. The summed E-state index contributed by atoms with van der Waals surface area (Å²) in [5, 5.41) is 18.9. The number of pyridine rings is 1. The fourth-order valence-electron chi connectivity index (χ4n) is 3.21. The molecule has 3 heterocycles. The van der Waals surface area contributed by atoms with Gasteiger partial charge in [0.25, 0.3) is 5.91 Å². The number of β-amino-alcohol motifs (C(OH)–C–C–N with tert-alkyl or cyclic N) is 1. The van der Waals surface area contributed by atoms with Crippen molar-refractivity contribution in [3.05, 3.63) is 35.5 Å². The van der Waals surface area contributed by atoms with Gasteiger partial charge in [-0.15, -0.1) is 10.2 Å². The first-order valence-electron chi connectivity index (χ1n) is 8.28. The Morgan fingerprint density at radius 3 is 2.92 bits per heavy atom. The lowest BCUT2D eigenvalue weighted by Gasteiger charge is -2.39. The Labute approximate surface area is 146 Å². The lowest BCUT2D eigenvalue weighted by Crippen LogP contribution is -2.51. The molecule has 2 aromatic heterocycles. The van der Waals surface area contributed by atoms with Gasteiger partial charge < -0.3 is 19.3 Å². The van der Waals surface area contributed by atoms with Gasteiger partial charge in [-0.05, 0) is 31.9 Å². The Hall–Kier alpha value is -2.48. The van der Waals surface area contributed by atoms with Gasteiger partial charge in [0.15, 0.2) is 0 Å². The number of aromatic nitrogens is 4. The van der Waals surface area contributed by atoms with Crippen LogP contribution >= 0.6 is 0 Å². The zero-order valence-electron chi connectivity index (χ0n) is 14.8. The summed E-state index contributed by atoms with van der Waals surface area (Å²) in [5.74, 6) is 0.833. The Balaban J connectivity index is 1.79. The molecule has 1 unspecified atom stereocenters. The van der Waals surface area contributed by atoms with Crippen LogP contribution in [0.5, 0.6) is 5.88 Å². The number of aryl methyl sites for hydroxylation is 2. The Bertz CT molecular complexity index is 775. The number of ether oxygens (including phenoxy) is 1. The molecule has 8 nitrogen and oxygen atoms in total. The average Bonchev–Trinajstić information content (AvgIpc) is 2.98. The standard InChI is InChI=1S/C17H23N5O3/c1-12-5-6-13(15(19-12)25-3)16(23)22-8-4-7-17(24,10-22)9-14-20-18-11-21(14)2/h5-6,11,24H,4,7-10H2,1-3H3. The van der Waals surface area contributed by atoms with Crippen molar-refractivity contribution in [3.8, 4) is 5.88 Å². The molecule has 1 amide bonds. The van der Waals surface area contributed by atoms with E-state index in [0.717, 1.165) is 12.1 Å². The molecule has 1 N–H and O–H groups in total. The van der Waals surface area contributed by atoms with Crippen molar-refractivity contribution >= 4 is 5.91 Å². The largest absolute Gasteiger partial charge is 0.480 e. The van der Waals surface area contributed by atoms with E-state index in [-0.39, 0.29) is 12.5 Å². The zero-order chi connectivity index (χ0) is 18.0. The predicted octanol–water partition coefficient (Wildman–Crippen LogP) is 0.737. The molecule has 8 heteroatoms. The van der Waals surface area contributed by atoms with Gasteiger partial charge in [-0.25, -0.2) is 4.98 Å². The molecule has 1 saturated heterocycles. The summed E-state index contributed by atoms with van der Waals surface area (Å²) < 4.78 is 7.03. The van der Waals surface area contributed by atoms with Gasteiger partial charge in [-0.2, -0.15) is 0 Å². The van der Waals surface area contributed by atoms with E-state index in [0.29, 0.717) is 36.7 Å². The Kier molecular flexibility index (Phi) is 4.71. The predicted molar refractivity (Wildman–Crippen MR) is 90.3 cm³/mol. The maximum Gasteiger partial charge on any atom is 0.259 e. The molecule has 3 rings (SSSR count). The highest BCUT2D eigenvalue weighted by Crippen LogP contribution is 2.27. The lowest BCUT2D eigenvalue weighted by atomic mass is 9.89. The summed E-state index contributed by atoms with van der Waals surface area (Å²) in [6.07, 6.45) is 3.30. The third-order valence-corrected chi connectivity index (χ3v) is 4.56. The number of carbonyl (C=O) groups is 1. The van der Waals surface area contributed by atoms with Crippen LogP contribution in [0.4, 0.5) is 0 Å². The van der Waals surface area contributed by atoms with Crippen LogP contribution in [0.1, 0.15) is 34.7 Å². The molecule has 1 aliphatic heterocycles. The topological polar surface area (TPSA) is 93.4 Å². The van der Waals surface area contributed by atoms with Crippen molar-refractivity contribution in [2.45, 2.75) is 31.8 Å². The average molecular weight is 345 g/mol. The highest BCUT2D eigenvalue weighted by molar-refractivity contribution is 5.96. The smallest absolute Gasteiger partial charge is 0.259 e. The molecule has 134 valence electrons. The molecular formula is C17H23N5O3. The van der Waals surface area contributed by atoms with Crippen molar-refractivity contribution in [2.24, 2.45) is 7.05 Å². The first-order valence-corrected chi connectivity index (χ1v) is 8.28. The maximum absolute atomic E-state index is 12.9. The fraction of sp³-hybridized carbons (Fsp3) is 0.529. The van der Waals surface area contributed by atoms with E-state index >= 15 is 0 Å². The monoisotopic (exact) mass is 345 g/mol. The van der Waals surface area contributed by atoms with Crippen molar-refractivity contribution in [2.75, 3.05) is 20.2 Å². The molecule has 0 spiro atoms. The second-order valence-corrected chi connectivity index (χ2v) is 6.60. The van der Waals surface area contributed by atoms with E-state index in [1.54, 1.807) is 27.9 Å². The van der Waals surface area contributed by atoms with Crippen LogP contribution in [-0.2, 0) is 13.5 Å². The number of methoxy groups -OCH3 is 1. The van der Waals surface area contributed by atoms with Gasteiger partial charge in [-0.3, -0.25) is 4.79 Å². The minimum Gasteiger partial charge on any atom is -0.480 e. The summed E-state index contributed by atoms with van der Waals surface area (Å²) in [7, 11) is 3.34. The second kappa shape index (κ2) is 6.79. The quantitative estimate of drug-likeness (QED) is 0.878. The van der Waals surface area contributed by atoms with E-state index in [1.807, 2.05) is 14.0 Å². The van der Waals surface area contributed by atoms with Crippen molar-refractivity contribution in [1.82, 2.24) is 24.6 Å². The number of rotatable bonds is 4. The van der Waals surface area contributed by atoms with Crippen LogP contribution in [0.15, 0.2) is 18.5 Å². The van der Waals surface area contributed by atoms with E-state index in [1.165, 1.54) is 7.11 Å². The summed E-state index contributed by atoms with van der Waals surface area (Å²) in [6.45, 7) is 2.68. The van der Waals surface area contributed by atoms with E-state index < -0.39 is 5.60 Å². The molecular weight excluding hydrogens is 322 g/mol. The Morgan fingerprint density at radius 2 is 2.24 bits per heavy atom. The van der Waals surface area contributed by atoms with Gasteiger partial charge in [0.05, 0.1) is 19.3 Å². The van der Waals surface area contributed by atoms with Crippen LogP contribution in [0, 0.1) is 6.92 Å². The number of hydrogen-bond donors (Lipinski definition) is 1. The van der Waals surface area contributed by atoms with Crippen LogP contribution in [0.2, 0.25) is 0 Å². The molecule has 1 fully saturated rings. The highest BCUT2D eigenvalue weighted by Gasteiger charge is 2.37. The van der Waals surface area contributed by atoms with Gasteiger partial charge >= 0.3 is 0 Å². The molecule has 0 radical (unpaired) electrons. The number of piperidine rings is 1. The molecule has 0 bridgehead atoms. The second-order valence-electron chi connectivity index (χ2n) is 6.60. The van der Waals surface area contributed by atoms with Crippen molar-refractivity contribution in [1.29, 1.82) is 0 Å². The third kappa shape index (κ3) is 3.63. The van der Waals surface area contributed by atoms with Crippen LogP contribution in [0.25, 0.3) is 0 Å². The van der Waals surface area contributed by atoms with E-state index in [9.17, 15) is 9.90 Å². The molecule has 0 saturated carbocycles. The van der Waals surface area contributed by atoms with Gasteiger partial charge in [0.2, 0.25) is 5.88 Å². The van der Waals surface area contributed by atoms with Crippen molar-refractivity contribution in [3.63, 3.8) is 0 Å². The summed E-state index contributed by atoms with van der Waals surface area (Å²) in [5.41, 5.74) is 0.182. The van der Waals surface area contributed by atoms with Crippen LogP contribution in [0.3, 0.4) is 0 Å². The Morgan fingerprint density at radius 1 is 1.44 bits per heavy atom. The number of aliphatic hydroxyl groups is 1. The highest BCUT2D eigenvalue weighted by atomic mass is 16.5. The fourth-order valence-corrected chi connectivity index (χ4v) is 3.21. The van der Waals surface area contributed by atoms with Gasteiger partial charge in [0, 0.05) is 25.7 Å². The molecule has 2 aromatic rings. The summed E-state index contributed by atoms with van der Waals surface area (Å²) in [4.78, 5) is 18.8. The van der Waals surface area contributed by atoms with E-state index in [2.05, 4.69) is 15.2 Å². The SMILES string of the molecule is COc1nc(C)ccc1C(=O)N1CCCC(O)(Cc2nncn2C)C1. The first kappa shape index (κ1) is 17.3. The van der Waals surface area contributed by atoms with Gasteiger partial charge in [0.1, 0.15) is 17.7 Å². The summed E-state index contributed by atoms with van der Waals surface area (Å²) >= 11 is 0. The molecule has 25 heavy (non-hydrogen) atoms. The molecule has 1 atom stereocenters. The number of amides is 1. The number of nitrogens with zero attached hydrogens (tertiary/aromatic N) is 5. The third-order valence-electron chi connectivity index (χ3n) is 4.56. The number of likely N-dealkylation sites (tertiary alicyclic amines) is 1. The minimum atomic E-state index is -1.01. The molecule has 0 aliphatic carbocycles. The minimum absolute atomic E-state index is 0.180. The number of carbonyl (C=O) groups excluding carboxylic acids is 1. The normalized spacial score (nSPS) is 20.6. The molecule has 1 aliphatic rings. The zero-order valence-corrected chi connectivity index (χ0v) is 14.8. The first-order chi connectivity index (χ1) is 11.9.